The minimum Gasteiger partial charge on any atom is -0.343 e. The summed E-state index contributed by atoms with van der Waals surface area (Å²) in [4.78, 5) is 28.9. The van der Waals surface area contributed by atoms with Gasteiger partial charge in [-0.3, -0.25) is 9.59 Å². The first kappa shape index (κ1) is 26.9. The van der Waals surface area contributed by atoms with Crippen LogP contribution >= 0.6 is 11.8 Å². The summed E-state index contributed by atoms with van der Waals surface area (Å²) in [7, 11) is -3.88. The molecule has 1 aliphatic rings. The van der Waals surface area contributed by atoms with E-state index in [1.54, 1.807) is 36.9 Å². The van der Waals surface area contributed by atoms with Crippen molar-refractivity contribution in [2.24, 2.45) is 10.9 Å². The molecule has 3 aromatic rings. The van der Waals surface area contributed by atoms with Gasteiger partial charge < -0.3 is 16.0 Å². The molecule has 4 rings (SSSR count). The summed E-state index contributed by atoms with van der Waals surface area (Å²) in [6, 6.07) is 20.8. The second-order valence-corrected chi connectivity index (χ2v) is 12.3. The van der Waals surface area contributed by atoms with Crippen LogP contribution in [0.3, 0.4) is 0 Å². The number of hydrogen-bond acceptors (Lipinski definition) is 6. The zero-order valence-electron chi connectivity index (χ0n) is 20.7. The van der Waals surface area contributed by atoms with Crippen LogP contribution in [0.5, 0.6) is 0 Å². The Morgan fingerprint density at radius 1 is 1.05 bits per heavy atom. The van der Waals surface area contributed by atoms with Crippen molar-refractivity contribution in [2.75, 3.05) is 10.7 Å². The van der Waals surface area contributed by atoms with Crippen LogP contribution in [0.25, 0.3) is 11.1 Å². The SMILES string of the molecule is CC(C)(N)CC(=O)N[C@@H]1CSc2ccccc2N(Cc2ccc(-c3ccccc3S(N)(=O)=O)cc2)C1=O. The number of carbonyl (C=O) groups is 2. The van der Waals surface area contributed by atoms with Gasteiger partial charge in [0.05, 0.1) is 17.1 Å². The number of carbonyl (C=O) groups excluding carboxylic acids is 2. The molecule has 0 fully saturated rings. The largest absolute Gasteiger partial charge is 0.343 e. The molecule has 37 heavy (non-hydrogen) atoms. The summed E-state index contributed by atoms with van der Waals surface area (Å²) >= 11 is 1.52. The lowest BCUT2D eigenvalue weighted by Gasteiger charge is -2.27. The minimum atomic E-state index is -3.88. The summed E-state index contributed by atoms with van der Waals surface area (Å²) < 4.78 is 24.0. The van der Waals surface area contributed by atoms with E-state index in [9.17, 15) is 18.0 Å². The summed E-state index contributed by atoms with van der Waals surface area (Å²) in [5.41, 5.74) is 8.13. The molecule has 10 heteroatoms. The molecule has 2 amide bonds. The number of nitrogens with two attached hydrogens (primary N) is 2. The Morgan fingerprint density at radius 2 is 1.70 bits per heavy atom. The molecule has 0 aromatic heterocycles. The van der Waals surface area contributed by atoms with Crippen molar-refractivity contribution in [3.63, 3.8) is 0 Å². The standard InChI is InChI=1S/C27H30N4O4S2/c1-27(2,28)15-25(32)30-21-17-36-23-9-5-4-8-22(23)31(26(21)33)16-18-11-13-19(14-12-18)20-7-3-6-10-24(20)37(29,34)35/h3-14,21H,15-17,28H2,1-2H3,(H,30,32)(H2,29,34,35)/t21-/m1/s1. The number of hydrogen-bond donors (Lipinski definition) is 3. The molecule has 5 N–H and O–H groups in total. The first-order chi connectivity index (χ1) is 17.4. The number of thioether (sulfide) groups is 1. The Balaban J connectivity index is 1.61. The fraction of sp³-hybridized carbons (Fsp3) is 0.259. The van der Waals surface area contributed by atoms with Gasteiger partial charge in [0, 0.05) is 28.2 Å². The summed E-state index contributed by atoms with van der Waals surface area (Å²) in [5, 5.41) is 8.26. The number of benzene rings is 3. The van der Waals surface area contributed by atoms with E-state index in [4.69, 9.17) is 10.9 Å². The Bertz CT molecular complexity index is 1420. The van der Waals surface area contributed by atoms with E-state index < -0.39 is 21.6 Å². The van der Waals surface area contributed by atoms with Crippen molar-refractivity contribution >= 4 is 39.3 Å². The smallest absolute Gasteiger partial charge is 0.250 e. The number of fused-ring (bicyclic) bond motifs is 1. The molecule has 0 bridgehead atoms. The highest BCUT2D eigenvalue weighted by atomic mass is 32.2. The molecular formula is C27H30N4O4S2. The number of para-hydroxylation sites is 1. The van der Waals surface area contributed by atoms with Crippen LogP contribution in [0.1, 0.15) is 25.8 Å². The maximum Gasteiger partial charge on any atom is 0.250 e. The molecule has 1 aliphatic heterocycles. The zero-order chi connectivity index (χ0) is 26.8. The molecule has 194 valence electrons. The molecule has 1 atom stereocenters. The van der Waals surface area contributed by atoms with Crippen molar-refractivity contribution in [3.8, 4) is 11.1 Å². The Kier molecular flexibility index (Phi) is 7.75. The first-order valence-corrected chi connectivity index (χ1v) is 14.3. The van der Waals surface area contributed by atoms with Gasteiger partial charge in [-0.05, 0) is 43.2 Å². The number of sulfonamides is 1. The summed E-state index contributed by atoms with van der Waals surface area (Å²) in [6.07, 6.45) is 0.107. The average Bonchev–Trinajstić information content (AvgIpc) is 2.95. The number of primary sulfonamides is 1. The monoisotopic (exact) mass is 538 g/mol. The molecular weight excluding hydrogens is 508 g/mol. The molecule has 0 saturated heterocycles. The van der Waals surface area contributed by atoms with Crippen molar-refractivity contribution in [1.29, 1.82) is 0 Å². The van der Waals surface area contributed by atoms with Gasteiger partial charge in [0.25, 0.3) is 5.91 Å². The molecule has 1 heterocycles. The van der Waals surface area contributed by atoms with Gasteiger partial charge in [-0.15, -0.1) is 11.8 Å². The van der Waals surface area contributed by atoms with Crippen LogP contribution in [0, 0.1) is 0 Å². The van der Waals surface area contributed by atoms with E-state index in [0.717, 1.165) is 16.1 Å². The van der Waals surface area contributed by atoms with E-state index in [-0.39, 0.29) is 29.7 Å². The molecule has 8 nitrogen and oxygen atoms in total. The van der Waals surface area contributed by atoms with E-state index in [0.29, 0.717) is 16.9 Å². The van der Waals surface area contributed by atoms with Crippen LogP contribution in [0.15, 0.2) is 82.6 Å². The van der Waals surface area contributed by atoms with Gasteiger partial charge in [0.2, 0.25) is 15.9 Å². The normalized spacial score (nSPS) is 16.2. The zero-order valence-corrected chi connectivity index (χ0v) is 22.3. The van der Waals surface area contributed by atoms with Crippen LogP contribution in [-0.2, 0) is 26.2 Å². The second kappa shape index (κ2) is 10.7. The van der Waals surface area contributed by atoms with Crippen LogP contribution in [0.2, 0.25) is 0 Å². The maximum atomic E-state index is 13.6. The van der Waals surface area contributed by atoms with Gasteiger partial charge >= 0.3 is 0 Å². The topological polar surface area (TPSA) is 136 Å². The van der Waals surface area contributed by atoms with Crippen molar-refractivity contribution < 1.29 is 18.0 Å². The lowest BCUT2D eigenvalue weighted by Crippen LogP contribution is -2.51. The van der Waals surface area contributed by atoms with Crippen molar-refractivity contribution in [1.82, 2.24) is 5.32 Å². The van der Waals surface area contributed by atoms with E-state index in [2.05, 4.69) is 5.32 Å². The Labute approximate surface area is 221 Å². The number of anilines is 1. The predicted molar refractivity (Wildman–Crippen MR) is 146 cm³/mol. The fourth-order valence-corrected chi connectivity index (χ4v) is 6.04. The Hall–Kier alpha value is -3.18. The van der Waals surface area contributed by atoms with E-state index in [1.807, 2.05) is 48.5 Å². The Morgan fingerprint density at radius 3 is 2.38 bits per heavy atom. The third-order valence-corrected chi connectivity index (χ3v) is 8.00. The number of rotatable bonds is 7. The van der Waals surface area contributed by atoms with Crippen LogP contribution in [0.4, 0.5) is 5.69 Å². The molecule has 0 spiro atoms. The molecule has 0 aliphatic carbocycles. The molecule has 3 aromatic carbocycles. The van der Waals surface area contributed by atoms with Gasteiger partial charge in [0.1, 0.15) is 6.04 Å². The first-order valence-electron chi connectivity index (χ1n) is 11.7. The molecule has 0 unspecified atom stereocenters. The minimum absolute atomic E-state index is 0.0515. The highest BCUT2D eigenvalue weighted by Gasteiger charge is 2.32. The highest BCUT2D eigenvalue weighted by Crippen LogP contribution is 2.35. The van der Waals surface area contributed by atoms with Crippen LogP contribution in [-0.4, -0.2) is 37.6 Å². The van der Waals surface area contributed by atoms with Crippen molar-refractivity contribution in [2.45, 2.75) is 48.2 Å². The van der Waals surface area contributed by atoms with Gasteiger partial charge in [-0.1, -0.05) is 54.6 Å². The summed E-state index contributed by atoms with van der Waals surface area (Å²) in [6.45, 7) is 3.81. The maximum absolute atomic E-state index is 13.6. The van der Waals surface area contributed by atoms with Crippen molar-refractivity contribution in [3.05, 3.63) is 78.4 Å². The third kappa shape index (κ3) is 6.58. The van der Waals surface area contributed by atoms with Crippen LogP contribution < -0.4 is 21.1 Å². The number of nitrogens with one attached hydrogen (secondary N) is 1. The predicted octanol–water partition coefficient (Wildman–Crippen LogP) is 3.25. The molecule has 0 saturated carbocycles. The van der Waals surface area contributed by atoms with Gasteiger partial charge in [0.15, 0.2) is 0 Å². The quantitative estimate of drug-likeness (QED) is 0.423. The number of amides is 2. The van der Waals surface area contributed by atoms with Gasteiger partial charge in [-0.2, -0.15) is 0 Å². The summed E-state index contributed by atoms with van der Waals surface area (Å²) in [5.74, 6) is -0.0636. The molecule has 0 radical (unpaired) electrons. The fourth-order valence-electron chi connectivity index (χ4n) is 4.20. The second-order valence-electron chi connectivity index (χ2n) is 9.73. The highest BCUT2D eigenvalue weighted by molar-refractivity contribution is 7.99. The average molecular weight is 539 g/mol. The lowest BCUT2D eigenvalue weighted by atomic mass is 10.0. The lowest BCUT2D eigenvalue weighted by molar-refractivity contribution is -0.127. The van der Waals surface area contributed by atoms with E-state index in [1.165, 1.54) is 17.8 Å². The van der Waals surface area contributed by atoms with E-state index >= 15 is 0 Å². The third-order valence-electron chi connectivity index (χ3n) is 5.88. The van der Waals surface area contributed by atoms with Gasteiger partial charge in [-0.25, -0.2) is 13.6 Å². The number of nitrogens with zero attached hydrogens (tertiary/aromatic N) is 1.